The highest BCUT2D eigenvalue weighted by Crippen LogP contribution is 2.38. The summed E-state index contributed by atoms with van der Waals surface area (Å²) in [5.74, 6) is -0.500. The third-order valence-electron chi connectivity index (χ3n) is 6.03. The predicted octanol–water partition coefficient (Wildman–Crippen LogP) is 3.48. The first kappa shape index (κ1) is 21.1. The van der Waals surface area contributed by atoms with Crippen LogP contribution in [-0.4, -0.2) is 33.9 Å². The summed E-state index contributed by atoms with van der Waals surface area (Å²) < 4.78 is 2.03. The Kier molecular flexibility index (Phi) is 5.83. The molecule has 2 aromatic carbocycles. The van der Waals surface area contributed by atoms with Gasteiger partial charge in [0.25, 0.3) is 5.91 Å². The van der Waals surface area contributed by atoms with Gasteiger partial charge in [-0.25, -0.2) is 4.68 Å². The van der Waals surface area contributed by atoms with Gasteiger partial charge in [-0.2, -0.15) is 5.10 Å². The van der Waals surface area contributed by atoms with Crippen LogP contribution in [0.3, 0.4) is 0 Å². The molecular formula is C25H30N4O2. The van der Waals surface area contributed by atoms with Gasteiger partial charge >= 0.3 is 0 Å². The van der Waals surface area contributed by atoms with Gasteiger partial charge in [0, 0.05) is 24.3 Å². The van der Waals surface area contributed by atoms with Crippen LogP contribution in [0.5, 0.6) is 0 Å². The molecule has 1 amide bonds. The number of amides is 1. The molecule has 0 unspecified atom stereocenters. The van der Waals surface area contributed by atoms with Crippen molar-refractivity contribution in [2.75, 3.05) is 18.5 Å². The van der Waals surface area contributed by atoms with Crippen LogP contribution >= 0.6 is 0 Å². The zero-order chi connectivity index (χ0) is 22.0. The third-order valence-corrected chi connectivity index (χ3v) is 6.03. The molecule has 0 atom stereocenters. The summed E-state index contributed by atoms with van der Waals surface area (Å²) in [5.41, 5.74) is 12.6. The van der Waals surface area contributed by atoms with Crippen molar-refractivity contribution >= 4 is 11.6 Å². The average molecular weight is 419 g/mol. The minimum Gasteiger partial charge on any atom is -0.395 e. The van der Waals surface area contributed by atoms with Crippen LogP contribution in [0, 0.1) is 5.41 Å². The number of benzene rings is 2. The molecule has 1 aromatic heterocycles. The molecular weight excluding hydrogens is 388 g/mol. The maximum Gasteiger partial charge on any atom is 0.250 e. The van der Waals surface area contributed by atoms with Crippen molar-refractivity contribution < 1.29 is 9.90 Å². The van der Waals surface area contributed by atoms with E-state index in [0.717, 1.165) is 37.1 Å². The number of nitrogens with one attached hydrogen (secondary N) is 1. The Morgan fingerprint density at radius 2 is 2.00 bits per heavy atom. The van der Waals surface area contributed by atoms with Gasteiger partial charge in [-0.3, -0.25) is 4.79 Å². The molecule has 1 aliphatic carbocycles. The summed E-state index contributed by atoms with van der Waals surface area (Å²) in [6.07, 6.45) is 3.89. The van der Waals surface area contributed by atoms with Gasteiger partial charge in [-0.15, -0.1) is 0 Å². The van der Waals surface area contributed by atoms with E-state index in [-0.39, 0.29) is 12.0 Å². The first-order valence-corrected chi connectivity index (χ1v) is 10.8. The number of aliphatic hydroxyl groups excluding tert-OH is 1. The topological polar surface area (TPSA) is 93.2 Å². The molecule has 6 heteroatoms. The average Bonchev–Trinajstić information content (AvgIpc) is 3.08. The van der Waals surface area contributed by atoms with Crippen LogP contribution in [-0.2, 0) is 19.3 Å². The van der Waals surface area contributed by atoms with Crippen molar-refractivity contribution in [2.45, 2.75) is 39.5 Å². The molecule has 0 aliphatic heterocycles. The zero-order valence-corrected chi connectivity index (χ0v) is 18.2. The largest absolute Gasteiger partial charge is 0.395 e. The van der Waals surface area contributed by atoms with E-state index >= 15 is 0 Å². The third kappa shape index (κ3) is 4.49. The van der Waals surface area contributed by atoms with Crippen molar-refractivity contribution in [3.05, 3.63) is 76.6 Å². The lowest BCUT2D eigenvalue weighted by atomic mass is 9.76. The number of hydrogen-bond donors (Lipinski definition) is 3. The van der Waals surface area contributed by atoms with Gasteiger partial charge in [-0.1, -0.05) is 44.2 Å². The second-order valence-corrected chi connectivity index (χ2v) is 9.03. The lowest BCUT2D eigenvalue weighted by Gasteiger charge is -2.30. The number of primary amides is 1. The standard InChI is InChI=1S/C25H30N4O2/c1-25(2)11-10-19-22(14-17-6-4-3-5-7-17)28-29(23(19)16-25)18-8-9-20(24(26)31)21(15-18)27-12-13-30/h3-9,15,27,30H,10-14,16H2,1-2H3,(H2,26,31). The van der Waals surface area contributed by atoms with Gasteiger partial charge in [0.15, 0.2) is 0 Å². The van der Waals surface area contributed by atoms with Gasteiger partial charge in [-0.05, 0) is 54.0 Å². The van der Waals surface area contributed by atoms with E-state index in [1.165, 1.54) is 16.8 Å². The van der Waals surface area contributed by atoms with Crippen LogP contribution in [0.15, 0.2) is 48.5 Å². The SMILES string of the molecule is CC1(C)CCc2c(Cc3ccccc3)nn(-c3ccc(C(N)=O)c(NCCO)c3)c2C1. The number of carbonyl (C=O) groups excluding carboxylic acids is 1. The number of anilines is 1. The number of nitrogens with zero attached hydrogens (tertiary/aromatic N) is 2. The summed E-state index contributed by atoms with van der Waals surface area (Å²) >= 11 is 0. The van der Waals surface area contributed by atoms with Gasteiger partial charge in [0.05, 0.1) is 23.6 Å². The number of aromatic nitrogens is 2. The molecule has 4 rings (SSSR count). The summed E-state index contributed by atoms with van der Waals surface area (Å²) in [5, 5.41) is 17.4. The van der Waals surface area contributed by atoms with Crippen LogP contribution in [0.4, 0.5) is 5.69 Å². The molecule has 31 heavy (non-hydrogen) atoms. The molecule has 0 fully saturated rings. The van der Waals surface area contributed by atoms with Crippen LogP contribution in [0.2, 0.25) is 0 Å². The maximum absolute atomic E-state index is 11.9. The fourth-order valence-electron chi connectivity index (χ4n) is 4.37. The number of carbonyl (C=O) groups is 1. The lowest BCUT2D eigenvalue weighted by molar-refractivity contribution is 0.100. The van der Waals surface area contributed by atoms with E-state index in [1.54, 1.807) is 6.07 Å². The van der Waals surface area contributed by atoms with Gasteiger partial charge in [0.2, 0.25) is 0 Å². The fourth-order valence-corrected chi connectivity index (χ4v) is 4.37. The highest BCUT2D eigenvalue weighted by molar-refractivity contribution is 5.98. The smallest absolute Gasteiger partial charge is 0.250 e. The molecule has 162 valence electrons. The number of nitrogens with two attached hydrogens (primary N) is 1. The van der Waals surface area contributed by atoms with E-state index in [0.29, 0.717) is 17.8 Å². The van der Waals surface area contributed by atoms with Crippen LogP contribution < -0.4 is 11.1 Å². The molecule has 0 bridgehead atoms. The highest BCUT2D eigenvalue weighted by atomic mass is 16.3. The Hall–Kier alpha value is -3.12. The minimum atomic E-state index is -0.500. The molecule has 0 saturated carbocycles. The van der Waals surface area contributed by atoms with E-state index in [2.05, 4.69) is 43.4 Å². The van der Waals surface area contributed by atoms with E-state index < -0.39 is 5.91 Å². The van der Waals surface area contributed by atoms with E-state index in [1.807, 2.05) is 22.9 Å². The monoisotopic (exact) mass is 418 g/mol. The van der Waals surface area contributed by atoms with Crippen molar-refractivity contribution in [1.82, 2.24) is 9.78 Å². The van der Waals surface area contributed by atoms with E-state index in [4.69, 9.17) is 10.8 Å². The zero-order valence-electron chi connectivity index (χ0n) is 18.2. The second-order valence-electron chi connectivity index (χ2n) is 9.03. The molecule has 1 heterocycles. The van der Waals surface area contributed by atoms with Gasteiger partial charge < -0.3 is 16.2 Å². The first-order chi connectivity index (χ1) is 14.9. The van der Waals surface area contributed by atoms with Crippen molar-refractivity contribution in [2.24, 2.45) is 11.1 Å². The van der Waals surface area contributed by atoms with E-state index in [9.17, 15) is 9.90 Å². The Morgan fingerprint density at radius 3 is 2.71 bits per heavy atom. The van der Waals surface area contributed by atoms with Crippen LogP contribution in [0.1, 0.15) is 53.1 Å². The number of fused-ring (bicyclic) bond motifs is 1. The predicted molar refractivity (Wildman–Crippen MR) is 123 cm³/mol. The maximum atomic E-state index is 11.9. The number of aliphatic hydroxyl groups is 1. The normalized spacial score (nSPS) is 14.8. The molecule has 3 aromatic rings. The van der Waals surface area contributed by atoms with Gasteiger partial charge in [0.1, 0.15) is 0 Å². The fraction of sp³-hybridized carbons (Fsp3) is 0.360. The molecule has 0 spiro atoms. The van der Waals surface area contributed by atoms with Crippen molar-refractivity contribution in [3.63, 3.8) is 0 Å². The summed E-state index contributed by atoms with van der Waals surface area (Å²) in [7, 11) is 0. The summed E-state index contributed by atoms with van der Waals surface area (Å²) in [6, 6.07) is 15.9. The highest BCUT2D eigenvalue weighted by Gasteiger charge is 2.31. The summed E-state index contributed by atoms with van der Waals surface area (Å²) in [6.45, 7) is 4.91. The van der Waals surface area contributed by atoms with Crippen LogP contribution in [0.25, 0.3) is 5.69 Å². The second kappa shape index (κ2) is 8.55. The van der Waals surface area contributed by atoms with Crippen molar-refractivity contribution in [1.29, 1.82) is 0 Å². The molecule has 1 aliphatic rings. The Morgan fingerprint density at radius 1 is 1.23 bits per heavy atom. The molecule has 0 radical (unpaired) electrons. The minimum absolute atomic E-state index is 0.0327. The van der Waals surface area contributed by atoms with Crippen molar-refractivity contribution in [3.8, 4) is 5.69 Å². The summed E-state index contributed by atoms with van der Waals surface area (Å²) in [4.78, 5) is 11.9. The molecule has 4 N–H and O–H groups in total. The first-order valence-electron chi connectivity index (χ1n) is 10.8. The number of hydrogen-bond acceptors (Lipinski definition) is 4. The number of rotatable bonds is 7. The Bertz CT molecular complexity index is 1090. The lowest BCUT2D eigenvalue weighted by Crippen LogP contribution is -2.24. The Labute approximate surface area is 183 Å². The quantitative estimate of drug-likeness (QED) is 0.548. The molecule has 6 nitrogen and oxygen atoms in total. The molecule has 0 saturated heterocycles. The Balaban J connectivity index is 1.80.